The molecule has 136 valence electrons. The summed E-state index contributed by atoms with van der Waals surface area (Å²) in [6, 6.07) is 12.6. The number of anilines is 1. The van der Waals surface area contributed by atoms with Gasteiger partial charge in [0.25, 0.3) is 5.91 Å². The predicted octanol–water partition coefficient (Wildman–Crippen LogP) is 3.49. The van der Waals surface area contributed by atoms with Crippen LogP contribution in [0.5, 0.6) is 0 Å². The SMILES string of the molecule is Cc1ccc(C(=O)N2CCSCC2)cc1NCc1cccc(C(=O)O)c1. The minimum Gasteiger partial charge on any atom is -0.478 e. The molecule has 5 nitrogen and oxygen atoms in total. The van der Waals surface area contributed by atoms with E-state index in [9.17, 15) is 9.59 Å². The van der Waals surface area contributed by atoms with Gasteiger partial charge in [-0.15, -0.1) is 0 Å². The monoisotopic (exact) mass is 370 g/mol. The number of nitrogens with one attached hydrogen (secondary N) is 1. The van der Waals surface area contributed by atoms with Crippen LogP contribution in [0.2, 0.25) is 0 Å². The number of amides is 1. The van der Waals surface area contributed by atoms with Gasteiger partial charge in [0.2, 0.25) is 0 Å². The molecule has 0 radical (unpaired) electrons. The first-order valence-electron chi connectivity index (χ1n) is 8.58. The minimum absolute atomic E-state index is 0.0706. The molecular weight excluding hydrogens is 348 g/mol. The average molecular weight is 370 g/mol. The van der Waals surface area contributed by atoms with Gasteiger partial charge in [-0.1, -0.05) is 18.2 Å². The first kappa shape index (κ1) is 18.3. The van der Waals surface area contributed by atoms with E-state index in [0.717, 1.165) is 41.4 Å². The number of hydrogen-bond acceptors (Lipinski definition) is 4. The van der Waals surface area contributed by atoms with Crippen molar-refractivity contribution < 1.29 is 14.7 Å². The molecule has 1 amide bonds. The predicted molar refractivity (Wildman–Crippen MR) is 105 cm³/mol. The first-order chi connectivity index (χ1) is 12.5. The first-order valence-corrected chi connectivity index (χ1v) is 9.74. The Balaban J connectivity index is 1.72. The normalized spacial score (nSPS) is 14.1. The molecule has 2 aromatic rings. The van der Waals surface area contributed by atoms with Gasteiger partial charge in [0.1, 0.15) is 0 Å². The molecular formula is C20H22N2O3S. The third-order valence-electron chi connectivity index (χ3n) is 4.44. The molecule has 0 saturated carbocycles. The van der Waals surface area contributed by atoms with Gasteiger partial charge in [-0.3, -0.25) is 4.79 Å². The lowest BCUT2D eigenvalue weighted by atomic mass is 10.1. The number of nitrogens with zero attached hydrogens (tertiary/aromatic N) is 1. The Morgan fingerprint density at radius 2 is 1.88 bits per heavy atom. The molecule has 2 N–H and O–H groups in total. The molecule has 0 aromatic heterocycles. The van der Waals surface area contributed by atoms with Crippen LogP contribution >= 0.6 is 11.8 Å². The molecule has 6 heteroatoms. The third-order valence-corrected chi connectivity index (χ3v) is 5.38. The van der Waals surface area contributed by atoms with Crippen molar-refractivity contribution in [2.24, 2.45) is 0 Å². The lowest BCUT2D eigenvalue weighted by molar-refractivity contribution is 0.0695. The number of hydrogen-bond donors (Lipinski definition) is 2. The van der Waals surface area contributed by atoms with Crippen LogP contribution in [0.1, 0.15) is 31.8 Å². The second-order valence-electron chi connectivity index (χ2n) is 6.29. The summed E-state index contributed by atoms with van der Waals surface area (Å²) >= 11 is 1.88. The zero-order chi connectivity index (χ0) is 18.5. The highest BCUT2D eigenvalue weighted by atomic mass is 32.2. The van der Waals surface area contributed by atoms with E-state index in [4.69, 9.17) is 5.11 Å². The Hall–Kier alpha value is -2.47. The maximum atomic E-state index is 12.7. The van der Waals surface area contributed by atoms with E-state index < -0.39 is 5.97 Å². The molecule has 1 aliphatic heterocycles. The van der Waals surface area contributed by atoms with Crippen LogP contribution in [0.3, 0.4) is 0 Å². The van der Waals surface area contributed by atoms with Crippen molar-refractivity contribution in [3.63, 3.8) is 0 Å². The fourth-order valence-corrected chi connectivity index (χ4v) is 3.81. The number of aromatic carboxylic acids is 1. The van der Waals surface area contributed by atoms with Crippen molar-refractivity contribution in [2.75, 3.05) is 29.9 Å². The molecule has 0 bridgehead atoms. The minimum atomic E-state index is -0.935. The fourth-order valence-electron chi connectivity index (χ4n) is 2.91. The zero-order valence-electron chi connectivity index (χ0n) is 14.7. The molecule has 0 spiro atoms. The van der Waals surface area contributed by atoms with Crippen molar-refractivity contribution >= 4 is 29.3 Å². The second kappa shape index (κ2) is 8.27. The molecule has 1 saturated heterocycles. The van der Waals surface area contributed by atoms with Crippen LogP contribution in [0.4, 0.5) is 5.69 Å². The van der Waals surface area contributed by atoms with Crippen molar-refractivity contribution in [2.45, 2.75) is 13.5 Å². The molecule has 3 rings (SSSR count). The summed E-state index contributed by atoms with van der Waals surface area (Å²) in [5, 5.41) is 12.4. The maximum absolute atomic E-state index is 12.7. The van der Waals surface area contributed by atoms with Crippen LogP contribution in [0.15, 0.2) is 42.5 Å². The molecule has 2 aromatic carbocycles. The summed E-state index contributed by atoms with van der Waals surface area (Å²) in [6.07, 6.45) is 0. The Morgan fingerprint density at radius 1 is 1.12 bits per heavy atom. The molecule has 1 fully saturated rings. The van der Waals surface area contributed by atoms with Gasteiger partial charge in [0.15, 0.2) is 0 Å². The third kappa shape index (κ3) is 4.38. The van der Waals surface area contributed by atoms with E-state index in [1.807, 2.05) is 47.9 Å². The van der Waals surface area contributed by atoms with Crippen LogP contribution in [0.25, 0.3) is 0 Å². The topological polar surface area (TPSA) is 69.6 Å². The van der Waals surface area contributed by atoms with Gasteiger partial charge in [0, 0.05) is 42.4 Å². The fraction of sp³-hybridized carbons (Fsp3) is 0.300. The van der Waals surface area contributed by atoms with E-state index in [2.05, 4.69) is 5.32 Å². The van der Waals surface area contributed by atoms with Gasteiger partial charge < -0.3 is 15.3 Å². The molecule has 0 unspecified atom stereocenters. The highest BCUT2D eigenvalue weighted by Crippen LogP contribution is 2.21. The number of aryl methyl sites for hydroxylation is 1. The molecule has 26 heavy (non-hydrogen) atoms. The van der Waals surface area contributed by atoms with Crippen LogP contribution < -0.4 is 5.32 Å². The van der Waals surface area contributed by atoms with Gasteiger partial charge in [-0.2, -0.15) is 11.8 Å². The Labute approximate surface area is 157 Å². The number of benzene rings is 2. The van der Waals surface area contributed by atoms with Crippen molar-refractivity contribution in [3.05, 3.63) is 64.7 Å². The van der Waals surface area contributed by atoms with E-state index in [0.29, 0.717) is 12.1 Å². The average Bonchev–Trinajstić information content (AvgIpc) is 2.67. The van der Waals surface area contributed by atoms with Gasteiger partial charge in [-0.05, 0) is 42.3 Å². The van der Waals surface area contributed by atoms with Crippen LogP contribution in [0, 0.1) is 6.92 Å². The summed E-state index contributed by atoms with van der Waals surface area (Å²) in [4.78, 5) is 25.7. The van der Waals surface area contributed by atoms with Crippen molar-refractivity contribution in [3.8, 4) is 0 Å². The summed E-state index contributed by atoms with van der Waals surface area (Å²) in [7, 11) is 0. The second-order valence-corrected chi connectivity index (χ2v) is 7.52. The highest BCUT2D eigenvalue weighted by Gasteiger charge is 2.19. The number of carbonyl (C=O) groups excluding carboxylic acids is 1. The largest absolute Gasteiger partial charge is 0.478 e. The molecule has 0 aliphatic carbocycles. The van der Waals surface area contributed by atoms with E-state index in [-0.39, 0.29) is 11.5 Å². The number of carbonyl (C=O) groups is 2. The summed E-state index contributed by atoms with van der Waals surface area (Å²) < 4.78 is 0. The standard InChI is InChI=1S/C20H22N2O3S/c1-14-5-6-16(19(23)22-7-9-26-10-8-22)12-18(14)21-13-15-3-2-4-17(11-15)20(24)25/h2-6,11-12,21H,7-10,13H2,1H3,(H,24,25). The maximum Gasteiger partial charge on any atom is 0.335 e. The van der Waals surface area contributed by atoms with E-state index in [1.54, 1.807) is 18.2 Å². The van der Waals surface area contributed by atoms with Crippen molar-refractivity contribution in [1.82, 2.24) is 4.90 Å². The van der Waals surface area contributed by atoms with Crippen LogP contribution in [-0.4, -0.2) is 46.5 Å². The zero-order valence-corrected chi connectivity index (χ0v) is 15.5. The Bertz CT molecular complexity index is 816. The smallest absolute Gasteiger partial charge is 0.335 e. The molecule has 0 atom stereocenters. The van der Waals surface area contributed by atoms with E-state index in [1.165, 1.54) is 0 Å². The summed E-state index contributed by atoms with van der Waals surface area (Å²) in [6.45, 7) is 4.08. The van der Waals surface area contributed by atoms with Crippen LogP contribution in [-0.2, 0) is 6.54 Å². The number of rotatable bonds is 5. The van der Waals surface area contributed by atoms with Gasteiger partial charge in [-0.25, -0.2) is 4.79 Å². The Kier molecular flexibility index (Phi) is 5.83. The lowest BCUT2D eigenvalue weighted by Crippen LogP contribution is -2.37. The Morgan fingerprint density at radius 3 is 2.62 bits per heavy atom. The molecule has 1 heterocycles. The number of thioether (sulfide) groups is 1. The number of carboxylic acid groups (broad SMARTS) is 1. The van der Waals surface area contributed by atoms with Crippen molar-refractivity contribution in [1.29, 1.82) is 0 Å². The number of carboxylic acids is 1. The highest BCUT2D eigenvalue weighted by molar-refractivity contribution is 7.99. The summed E-state index contributed by atoms with van der Waals surface area (Å²) in [5.74, 6) is 1.11. The summed E-state index contributed by atoms with van der Waals surface area (Å²) in [5.41, 5.74) is 3.78. The van der Waals surface area contributed by atoms with Gasteiger partial charge >= 0.3 is 5.97 Å². The van der Waals surface area contributed by atoms with E-state index >= 15 is 0 Å². The quantitative estimate of drug-likeness (QED) is 0.843. The van der Waals surface area contributed by atoms with Gasteiger partial charge in [0.05, 0.1) is 5.56 Å². The lowest BCUT2D eigenvalue weighted by Gasteiger charge is -2.26. The molecule has 1 aliphatic rings.